The Balaban J connectivity index is 4.47. The molecule has 5 heteroatoms. The highest BCUT2D eigenvalue weighted by Gasteiger charge is 2.25. The Morgan fingerprint density at radius 2 is 1.65 bits per heavy atom. The SMILES string of the molecule is CCCN(CCS(=O)(=O)CCC)C(C)(C)CN. The largest absolute Gasteiger partial charge is 0.329 e. The third-order valence-electron chi connectivity index (χ3n) is 3.04. The second kappa shape index (κ2) is 7.34. The molecule has 104 valence electrons. The fourth-order valence-electron chi connectivity index (χ4n) is 1.78. The van der Waals surface area contributed by atoms with Crippen LogP contribution in [0, 0.1) is 0 Å². The van der Waals surface area contributed by atoms with Gasteiger partial charge < -0.3 is 5.73 Å². The van der Waals surface area contributed by atoms with Crippen LogP contribution in [0.4, 0.5) is 0 Å². The van der Waals surface area contributed by atoms with Crippen molar-refractivity contribution in [2.75, 3.05) is 31.1 Å². The molecule has 0 aromatic rings. The minimum absolute atomic E-state index is 0.127. The lowest BCUT2D eigenvalue weighted by Gasteiger charge is -2.37. The van der Waals surface area contributed by atoms with Crippen LogP contribution in [-0.2, 0) is 9.84 Å². The second-order valence-corrected chi connectivity index (χ2v) is 7.46. The van der Waals surface area contributed by atoms with Crippen molar-refractivity contribution in [3.8, 4) is 0 Å². The highest BCUT2D eigenvalue weighted by atomic mass is 32.2. The van der Waals surface area contributed by atoms with Crippen LogP contribution < -0.4 is 5.73 Å². The maximum absolute atomic E-state index is 11.7. The Labute approximate surface area is 106 Å². The maximum atomic E-state index is 11.7. The van der Waals surface area contributed by atoms with E-state index >= 15 is 0 Å². The van der Waals surface area contributed by atoms with Crippen LogP contribution in [0.5, 0.6) is 0 Å². The Hall–Kier alpha value is -0.130. The van der Waals surface area contributed by atoms with Crippen LogP contribution in [0.15, 0.2) is 0 Å². The molecule has 0 heterocycles. The van der Waals surface area contributed by atoms with Crippen molar-refractivity contribution >= 4 is 9.84 Å². The van der Waals surface area contributed by atoms with E-state index in [1.54, 1.807) is 0 Å². The number of nitrogens with two attached hydrogens (primary N) is 1. The molecular formula is C12H28N2O2S. The Morgan fingerprint density at radius 1 is 1.06 bits per heavy atom. The van der Waals surface area contributed by atoms with E-state index in [-0.39, 0.29) is 17.0 Å². The van der Waals surface area contributed by atoms with Crippen molar-refractivity contribution in [1.29, 1.82) is 0 Å². The summed E-state index contributed by atoms with van der Waals surface area (Å²) in [5.41, 5.74) is 5.62. The van der Waals surface area contributed by atoms with E-state index in [4.69, 9.17) is 5.73 Å². The van der Waals surface area contributed by atoms with Crippen LogP contribution in [0.3, 0.4) is 0 Å². The number of nitrogens with zero attached hydrogens (tertiary/aromatic N) is 1. The topological polar surface area (TPSA) is 63.4 Å². The summed E-state index contributed by atoms with van der Waals surface area (Å²) in [5.74, 6) is 0.528. The highest BCUT2D eigenvalue weighted by molar-refractivity contribution is 7.91. The molecule has 0 unspecified atom stereocenters. The summed E-state index contributed by atoms with van der Waals surface area (Å²) in [6.45, 7) is 10.1. The molecule has 0 radical (unpaired) electrons. The van der Waals surface area contributed by atoms with Crippen LogP contribution >= 0.6 is 0 Å². The predicted octanol–water partition coefficient (Wildman–Crippen LogP) is 1.26. The van der Waals surface area contributed by atoms with E-state index in [0.29, 0.717) is 19.5 Å². The molecule has 4 nitrogen and oxygen atoms in total. The zero-order valence-electron chi connectivity index (χ0n) is 11.7. The molecule has 0 amide bonds. The van der Waals surface area contributed by atoms with E-state index in [1.807, 2.05) is 6.92 Å². The number of rotatable bonds is 9. The van der Waals surface area contributed by atoms with Crippen molar-refractivity contribution in [2.45, 2.75) is 46.1 Å². The fraction of sp³-hybridized carbons (Fsp3) is 1.00. The summed E-state index contributed by atoms with van der Waals surface area (Å²) >= 11 is 0. The third-order valence-corrected chi connectivity index (χ3v) is 4.87. The van der Waals surface area contributed by atoms with Crippen molar-refractivity contribution in [3.05, 3.63) is 0 Å². The van der Waals surface area contributed by atoms with Gasteiger partial charge in [0, 0.05) is 24.4 Å². The van der Waals surface area contributed by atoms with E-state index in [0.717, 1.165) is 13.0 Å². The van der Waals surface area contributed by atoms with Crippen LogP contribution in [0.2, 0.25) is 0 Å². The standard InChI is InChI=1S/C12H28N2O2S/c1-5-7-14(12(3,4)11-13)8-10-17(15,16)9-6-2/h5-11,13H2,1-4H3. The van der Waals surface area contributed by atoms with Crippen LogP contribution in [-0.4, -0.2) is 50.0 Å². The molecule has 17 heavy (non-hydrogen) atoms. The first-order chi connectivity index (χ1) is 7.79. The van der Waals surface area contributed by atoms with E-state index < -0.39 is 9.84 Å². The first kappa shape index (κ1) is 16.9. The molecule has 0 aliphatic carbocycles. The first-order valence-electron chi connectivity index (χ1n) is 6.44. The highest BCUT2D eigenvalue weighted by Crippen LogP contribution is 2.13. The van der Waals surface area contributed by atoms with Gasteiger partial charge in [0.15, 0.2) is 9.84 Å². The first-order valence-corrected chi connectivity index (χ1v) is 8.26. The lowest BCUT2D eigenvalue weighted by Crippen LogP contribution is -2.51. The number of sulfone groups is 1. The Morgan fingerprint density at radius 3 is 2.06 bits per heavy atom. The minimum atomic E-state index is -2.90. The van der Waals surface area contributed by atoms with Crippen molar-refractivity contribution < 1.29 is 8.42 Å². The number of hydrogen-bond donors (Lipinski definition) is 1. The molecule has 0 saturated heterocycles. The van der Waals surface area contributed by atoms with Crippen molar-refractivity contribution in [1.82, 2.24) is 4.90 Å². The van der Waals surface area contributed by atoms with E-state index in [9.17, 15) is 8.42 Å². The molecule has 0 fully saturated rings. The second-order valence-electron chi connectivity index (χ2n) is 5.16. The van der Waals surface area contributed by atoms with Crippen LogP contribution in [0.1, 0.15) is 40.5 Å². The average Bonchev–Trinajstić information content (AvgIpc) is 2.23. The van der Waals surface area contributed by atoms with Gasteiger partial charge in [-0.15, -0.1) is 0 Å². The van der Waals surface area contributed by atoms with Gasteiger partial charge in [0.1, 0.15) is 0 Å². The normalized spacial score (nSPS) is 13.3. The Bertz CT molecular complexity index is 300. The molecule has 0 rings (SSSR count). The molecule has 0 aliphatic heterocycles. The van der Waals surface area contributed by atoms with Gasteiger partial charge in [-0.1, -0.05) is 13.8 Å². The van der Waals surface area contributed by atoms with Crippen LogP contribution in [0.25, 0.3) is 0 Å². The summed E-state index contributed by atoms with van der Waals surface area (Å²) in [6.07, 6.45) is 1.70. The summed E-state index contributed by atoms with van der Waals surface area (Å²) in [6, 6.07) is 0. The predicted molar refractivity (Wildman–Crippen MR) is 73.9 cm³/mol. The lowest BCUT2D eigenvalue weighted by molar-refractivity contribution is 0.135. The summed E-state index contributed by atoms with van der Waals surface area (Å²) < 4.78 is 23.4. The van der Waals surface area contributed by atoms with Gasteiger partial charge in [-0.25, -0.2) is 8.42 Å². The summed E-state index contributed by atoms with van der Waals surface area (Å²) in [7, 11) is -2.90. The molecule has 0 aliphatic rings. The third kappa shape index (κ3) is 6.38. The van der Waals surface area contributed by atoms with Crippen molar-refractivity contribution in [2.24, 2.45) is 5.73 Å². The van der Waals surface area contributed by atoms with Gasteiger partial charge in [-0.05, 0) is 33.2 Å². The average molecular weight is 264 g/mol. The fourth-order valence-corrected chi connectivity index (χ4v) is 3.10. The maximum Gasteiger partial charge on any atom is 0.151 e. The van der Waals surface area contributed by atoms with Gasteiger partial charge in [0.25, 0.3) is 0 Å². The van der Waals surface area contributed by atoms with Gasteiger partial charge in [0.05, 0.1) is 5.75 Å². The van der Waals surface area contributed by atoms with E-state index in [2.05, 4.69) is 25.7 Å². The molecule has 0 bridgehead atoms. The number of hydrogen-bond acceptors (Lipinski definition) is 4. The zero-order valence-corrected chi connectivity index (χ0v) is 12.5. The molecule has 0 spiro atoms. The summed E-state index contributed by atoms with van der Waals surface area (Å²) in [5, 5.41) is 0. The molecule has 2 N–H and O–H groups in total. The Kier molecular flexibility index (Phi) is 7.28. The molecule has 0 saturated carbocycles. The van der Waals surface area contributed by atoms with Gasteiger partial charge in [-0.2, -0.15) is 0 Å². The van der Waals surface area contributed by atoms with E-state index in [1.165, 1.54) is 0 Å². The monoisotopic (exact) mass is 264 g/mol. The molecule has 0 aromatic heterocycles. The summed E-state index contributed by atoms with van der Waals surface area (Å²) in [4.78, 5) is 2.18. The lowest BCUT2D eigenvalue weighted by atomic mass is 10.0. The smallest absolute Gasteiger partial charge is 0.151 e. The molecule has 0 atom stereocenters. The van der Waals surface area contributed by atoms with Gasteiger partial charge in [-0.3, -0.25) is 4.90 Å². The minimum Gasteiger partial charge on any atom is -0.329 e. The van der Waals surface area contributed by atoms with Crippen molar-refractivity contribution in [3.63, 3.8) is 0 Å². The molecular weight excluding hydrogens is 236 g/mol. The zero-order chi connectivity index (χ0) is 13.5. The van der Waals surface area contributed by atoms with Gasteiger partial charge >= 0.3 is 0 Å². The quantitative estimate of drug-likeness (QED) is 0.681. The van der Waals surface area contributed by atoms with Gasteiger partial charge in [0.2, 0.25) is 0 Å². The molecule has 0 aromatic carbocycles.